The first-order chi connectivity index (χ1) is 9.04. The summed E-state index contributed by atoms with van der Waals surface area (Å²) in [5, 5.41) is 12.1. The van der Waals surface area contributed by atoms with Gasteiger partial charge >= 0.3 is 0 Å². The Labute approximate surface area is 112 Å². The van der Waals surface area contributed by atoms with E-state index < -0.39 is 17.7 Å². The maximum Gasteiger partial charge on any atom is 0.190 e. The normalized spacial score (nSPS) is 12.5. The highest BCUT2D eigenvalue weighted by Crippen LogP contribution is 2.23. The fraction of sp³-hybridized carbons (Fsp3) is 0.571. The molecule has 5 heteroatoms. The lowest BCUT2D eigenvalue weighted by molar-refractivity contribution is 0.151. The van der Waals surface area contributed by atoms with Crippen LogP contribution in [0.5, 0.6) is 5.75 Å². The molecule has 0 amide bonds. The van der Waals surface area contributed by atoms with E-state index in [1.807, 2.05) is 6.92 Å². The molecule has 108 valence electrons. The highest BCUT2D eigenvalue weighted by Gasteiger charge is 2.12. The molecule has 1 aromatic rings. The van der Waals surface area contributed by atoms with Gasteiger partial charge in [-0.05, 0) is 37.6 Å². The van der Waals surface area contributed by atoms with Gasteiger partial charge in [-0.2, -0.15) is 0 Å². The maximum atomic E-state index is 13.7. The van der Waals surface area contributed by atoms with Crippen LogP contribution in [0.3, 0.4) is 0 Å². The fourth-order valence-corrected chi connectivity index (χ4v) is 1.59. The predicted octanol–water partition coefficient (Wildman–Crippen LogP) is 2.61. The standard InChI is InChI=1S/C14H21F2NO2/c1-3-5-17-9-11-7-12(15)14(13(16)8-11)19-6-4-10(2)18/h7-8,10,17-18H,3-6,9H2,1-2H3. The Kier molecular flexibility index (Phi) is 6.73. The summed E-state index contributed by atoms with van der Waals surface area (Å²) in [6.45, 7) is 4.93. The molecule has 1 atom stereocenters. The lowest BCUT2D eigenvalue weighted by Gasteiger charge is -2.11. The van der Waals surface area contributed by atoms with Crippen LogP contribution in [0.15, 0.2) is 12.1 Å². The third kappa shape index (κ3) is 5.53. The van der Waals surface area contributed by atoms with E-state index in [0.717, 1.165) is 13.0 Å². The second-order valence-corrected chi connectivity index (χ2v) is 4.55. The number of aliphatic hydroxyl groups is 1. The van der Waals surface area contributed by atoms with E-state index in [1.165, 1.54) is 12.1 Å². The van der Waals surface area contributed by atoms with E-state index in [4.69, 9.17) is 9.84 Å². The summed E-state index contributed by atoms with van der Waals surface area (Å²) >= 11 is 0. The molecule has 0 spiro atoms. The highest BCUT2D eigenvalue weighted by atomic mass is 19.1. The molecule has 0 fully saturated rings. The zero-order chi connectivity index (χ0) is 14.3. The monoisotopic (exact) mass is 273 g/mol. The molecule has 1 unspecified atom stereocenters. The first-order valence-corrected chi connectivity index (χ1v) is 6.54. The van der Waals surface area contributed by atoms with Crippen LogP contribution in [0, 0.1) is 11.6 Å². The van der Waals surface area contributed by atoms with Crippen molar-refractivity contribution in [1.29, 1.82) is 0 Å². The van der Waals surface area contributed by atoms with Gasteiger partial charge in [-0.25, -0.2) is 8.78 Å². The minimum atomic E-state index is -0.709. The van der Waals surface area contributed by atoms with Gasteiger partial charge in [0, 0.05) is 13.0 Å². The van der Waals surface area contributed by atoms with E-state index in [2.05, 4.69) is 5.32 Å². The van der Waals surface area contributed by atoms with Gasteiger partial charge in [-0.1, -0.05) is 6.92 Å². The van der Waals surface area contributed by atoms with Gasteiger partial charge in [0.15, 0.2) is 17.4 Å². The summed E-state index contributed by atoms with van der Waals surface area (Å²) in [4.78, 5) is 0. The van der Waals surface area contributed by atoms with Gasteiger partial charge in [0.25, 0.3) is 0 Å². The van der Waals surface area contributed by atoms with Crippen LogP contribution in [0.2, 0.25) is 0 Å². The first-order valence-electron chi connectivity index (χ1n) is 6.54. The number of aliphatic hydroxyl groups excluding tert-OH is 1. The van der Waals surface area contributed by atoms with Gasteiger partial charge in [-0.15, -0.1) is 0 Å². The minimum Gasteiger partial charge on any atom is -0.488 e. The average molecular weight is 273 g/mol. The highest BCUT2D eigenvalue weighted by molar-refractivity contribution is 5.31. The fourth-order valence-electron chi connectivity index (χ4n) is 1.59. The molecule has 0 saturated heterocycles. The summed E-state index contributed by atoms with van der Waals surface area (Å²) in [7, 11) is 0. The summed E-state index contributed by atoms with van der Waals surface area (Å²) in [5.41, 5.74) is 0.548. The second-order valence-electron chi connectivity index (χ2n) is 4.55. The van der Waals surface area contributed by atoms with E-state index in [0.29, 0.717) is 18.5 Å². The van der Waals surface area contributed by atoms with Crippen molar-refractivity contribution < 1.29 is 18.6 Å². The largest absolute Gasteiger partial charge is 0.488 e. The summed E-state index contributed by atoms with van der Waals surface area (Å²) in [6.07, 6.45) is 0.744. The zero-order valence-electron chi connectivity index (χ0n) is 11.4. The molecule has 1 rings (SSSR count). The van der Waals surface area contributed by atoms with Crippen LogP contribution < -0.4 is 10.1 Å². The van der Waals surface area contributed by atoms with Crippen LogP contribution >= 0.6 is 0 Å². The number of hydrogen-bond acceptors (Lipinski definition) is 3. The van der Waals surface area contributed by atoms with Crippen molar-refractivity contribution in [2.75, 3.05) is 13.2 Å². The minimum absolute atomic E-state index is 0.0823. The Balaban J connectivity index is 2.63. The quantitative estimate of drug-likeness (QED) is 0.715. The number of ether oxygens (including phenoxy) is 1. The van der Waals surface area contributed by atoms with Gasteiger partial charge in [0.05, 0.1) is 12.7 Å². The van der Waals surface area contributed by atoms with Crippen molar-refractivity contribution in [3.8, 4) is 5.75 Å². The SMILES string of the molecule is CCCNCc1cc(F)c(OCCC(C)O)c(F)c1. The van der Waals surface area contributed by atoms with Crippen molar-refractivity contribution in [3.05, 3.63) is 29.3 Å². The topological polar surface area (TPSA) is 41.5 Å². The molecule has 0 aliphatic heterocycles. The molecule has 1 aromatic carbocycles. The van der Waals surface area contributed by atoms with Gasteiger partial charge < -0.3 is 15.2 Å². The van der Waals surface area contributed by atoms with Crippen LogP contribution in [-0.2, 0) is 6.54 Å². The molecule has 3 nitrogen and oxygen atoms in total. The molecular formula is C14H21F2NO2. The molecule has 0 aliphatic rings. The van der Waals surface area contributed by atoms with Crippen LogP contribution in [0.4, 0.5) is 8.78 Å². The average Bonchev–Trinajstić information content (AvgIpc) is 2.32. The Morgan fingerprint density at radius 1 is 1.32 bits per heavy atom. The molecule has 0 heterocycles. The summed E-state index contributed by atoms with van der Waals surface area (Å²) in [5.74, 6) is -1.79. The van der Waals surface area contributed by atoms with Crippen molar-refractivity contribution in [3.63, 3.8) is 0 Å². The molecule has 19 heavy (non-hydrogen) atoms. The van der Waals surface area contributed by atoms with Crippen LogP contribution in [0.25, 0.3) is 0 Å². The molecule has 0 radical (unpaired) electrons. The van der Waals surface area contributed by atoms with Gasteiger partial charge in [0.1, 0.15) is 0 Å². The van der Waals surface area contributed by atoms with Crippen molar-refractivity contribution in [2.45, 2.75) is 39.3 Å². The third-order valence-corrected chi connectivity index (χ3v) is 2.60. The molecular weight excluding hydrogens is 252 g/mol. The maximum absolute atomic E-state index is 13.7. The Morgan fingerprint density at radius 3 is 2.47 bits per heavy atom. The Hall–Kier alpha value is -1.20. The molecule has 0 saturated carbocycles. The van der Waals surface area contributed by atoms with Crippen molar-refractivity contribution >= 4 is 0 Å². The van der Waals surface area contributed by atoms with Gasteiger partial charge in [-0.3, -0.25) is 0 Å². The van der Waals surface area contributed by atoms with E-state index in [1.54, 1.807) is 6.92 Å². The first kappa shape index (κ1) is 15.9. The van der Waals surface area contributed by atoms with Gasteiger partial charge in [0.2, 0.25) is 0 Å². The lowest BCUT2D eigenvalue weighted by Crippen LogP contribution is -2.14. The van der Waals surface area contributed by atoms with E-state index in [9.17, 15) is 8.78 Å². The molecule has 2 N–H and O–H groups in total. The van der Waals surface area contributed by atoms with E-state index >= 15 is 0 Å². The molecule has 0 aliphatic carbocycles. The number of benzene rings is 1. The number of rotatable bonds is 8. The summed E-state index contributed by atoms with van der Waals surface area (Å²) < 4.78 is 32.4. The van der Waals surface area contributed by atoms with Crippen LogP contribution in [-0.4, -0.2) is 24.4 Å². The van der Waals surface area contributed by atoms with E-state index in [-0.39, 0.29) is 12.4 Å². The predicted molar refractivity (Wildman–Crippen MR) is 70.1 cm³/mol. The Bertz CT molecular complexity index is 374. The smallest absolute Gasteiger partial charge is 0.190 e. The second kappa shape index (κ2) is 8.07. The van der Waals surface area contributed by atoms with Crippen LogP contribution in [0.1, 0.15) is 32.3 Å². The molecule has 0 aromatic heterocycles. The lowest BCUT2D eigenvalue weighted by atomic mass is 10.2. The molecule has 0 bridgehead atoms. The Morgan fingerprint density at radius 2 is 1.95 bits per heavy atom. The number of halogens is 2. The number of hydrogen-bond donors (Lipinski definition) is 2. The van der Waals surface area contributed by atoms with Crippen molar-refractivity contribution in [2.24, 2.45) is 0 Å². The van der Waals surface area contributed by atoms with Crippen molar-refractivity contribution in [1.82, 2.24) is 5.32 Å². The number of nitrogens with one attached hydrogen (secondary N) is 1. The third-order valence-electron chi connectivity index (χ3n) is 2.60. The summed E-state index contributed by atoms with van der Waals surface area (Å²) in [6, 6.07) is 2.53. The zero-order valence-corrected chi connectivity index (χ0v) is 11.4.